The molecular weight excluding hydrogens is 212 g/mol. The third-order valence-corrected chi connectivity index (χ3v) is 4.33. The average molecular weight is 242 g/mol. The zero-order chi connectivity index (χ0) is 12.9. The second kappa shape index (κ2) is 6.72. The molecule has 0 aromatic carbocycles. The van der Waals surface area contributed by atoms with Crippen molar-refractivity contribution in [2.45, 2.75) is 76.9 Å². The molecule has 0 radical (unpaired) electrons. The molecule has 0 spiro atoms. The number of aliphatic hydroxyl groups is 1. The number of rotatable bonds is 7. The van der Waals surface area contributed by atoms with E-state index in [2.05, 4.69) is 25.7 Å². The molecule has 3 N–H and O–H groups in total. The summed E-state index contributed by atoms with van der Waals surface area (Å²) in [6.45, 7) is 8.11. The molecule has 0 heterocycles. The van der Waals surface area contributed by atoms with Crippen molar-refractivity contribution in [2.24, 2.45) is 5.73 Å². The van der Waals surface area contributed by atoms with Crippen molar-refractivity contribution in [3.8, 4) is 0 Å². The lowest BCUT2D eigenvalue weighted by Gasteiger charge is -2.35. The van der Waals surface area contributed by atoms with Crippen molar-refractivity contribution in [1.82, 2.24) is 4.90 Å². The molecule has 17 heavy (non-hydrogen) atoms. The summed E-state index contributed by atoms with van der Waals surface area (Å²) >= 11 is 0. The SMILES string of the molecule is CCCCN(C(C)CC)C1CCC(N)(CO)C1. The van der Waals surface area contributed by atoms with Crippen LogP contribution in [0.25, 0.3) is 0 Å². The number of hydrogen-bond acceptors (Lipinski definition) is 3. The van der Waals surface area contributed by atoms with Gasteiger partial charge >= 0.3 is 0 Å². The summed E-state index contributed by atoms with van der Waals surface area (Å²) in [4.78, 5) is 2.62. The first-order chi connectivity index (χ1) is 8.06. The summed E-state index contributed by atoms with van der Waals surface area (Å²) in [5, 5.41) is 9.35. The highest BCUT2D eigenvalue weighted by molar-refractivity contribution is 4.97. The van der Waals surface area contributed by atoms with Crippen molar-refractivity contribution in [3.05, 3.63) is 0 Å². The molecule has 3 nitrogen and oxygen atoms in total. The Bertz CT molecular complexity index is 222. The van der Waals surface area contributed by atoms with Gasteiger partial charge in [-0.3, -0.25) is 4.90 Å². The van der Waals surface area contributed by atoms with Gasteiger partial charge in [0, 0.05) is 17.6 Å². The molecule has 0 bridgehead atoms. The summed E-state index contributed by atoms with van der Waals surface area (Å²) in [6.07, 6.45) is 6.76. The van der Waals surface area contributed by atoms with E-state index in [4.69, 9.17) is 5.73 Å². The standard InChI is InChI=1S/C14H30N2O/c1-4-6-9-16(12(3)5-2)13-7-8-14(15,10-13)11-17/h12-13,17H,4-11,15H2,1-3H3. The van der Waals surface area contributed by atoms with E-state index >= 15 is 0 Å². The highest BCUT2D eigenvalue weighted by atomic mass is 16.3. The van der Waals surface area contributed by atoms with Crippen molar-refractivity contribution in [3.63, 3.8) is 0 Å². The molecule has 0 aromatic heterocycles. The summed E-state index contributed by atoms with van der Waals surface area (Å²) in [7, 11) is 0. The summed E-state index contributed by atoms with van der Waals surface area (Å²) in [6, 6.07) is 1.21. The van der Waals surface area contributed by atoms with Crippen LogP contribution in [-0.2, 0) is 0 Å². The molecule has 1 aliphatic carbocycles. The molecule has 102 valence electrons. The topological polar surface area (TPSA) is 49.5 Å². The van der Waals surface area contributed by atoms with Crippen LogP contribution in [0.2, 0.25) is 0 Å². The maximum atomic E-state index is 9.35. The predicted octanol–water partition coefficient (Wildman–Crippen LogP) is 2.13. The zero-order valence-electron chi connectivity index (χ0n) is 11.8. The minimum Gasteiger partial charge on any atom is -0.394 e. The molecule has 0 saturated heterocycles. The Morgan fingerprint density at radius 2 is 2.18 bits per heavy atom. The first-order valence-corrected chi connectivity index (χ1v) is 7.21. The summed E-state index contributed by atoms with van der Waals surface area (Å²) in [5.74, 6) is 0. The molecule has 3 heteroatoms. The van der Waals surface area contributed by atoms with Gasteiger partial charge in [-0.1, -0.05) is 20.3 Å². The van der Waals surface area contributed by atoms with Gasteiger partial charge in [-0.05, 0) is 45.6 Å². The minimum absolute atomic E-state index is 0.131. The Hall–Kier alpha value is -0.120. The second-order valence-electron chi connectivity index (χ2n) is 5.77. The fraction of sp³-hybridized carbons (Fsp3) is 1.00. The van der Waals surface area contributed by atoms with Gasteiger partial charge in [-0.15, -0.1) is 0 Å². The van der Waals surface area contributed by atoms with Crippen molar-refractivity contribution in [2.75, 3.05) is 13.2 Å². The third kappa shape index (κ3) is 3.94. The van der Waals surface area contributed by atoms with Crippen molar-refractivity contribution < 1.29 is 5.11 Å². The molecule has 0 aromatic rings. The molecule has 1 rings (SSSR count). The fourth-order valence-electron chi connectivity index (χ4n) is 2.89. The van der Waals surface area contributed by atoms with Crippen molar-refractivity contribution in [1.29, 1.82) is 0 Å². The van der Waals surface area contributed by atoms with Gasteiger partial charge in [0.15, 0.2) is 0 Å². The Morgan fingerprint density at radius 1 is 1.47 bits per heavy atom. The Balaban J connectivity index is 2.58. The summed E-state index contributed by atoms with van der Waals surface area (Å²) in [5.41, 5.74) is 5.86. The molecular formula is C14H30N2O. The molecule has 3 atom stereocenters. The number of hydrogen-bond donors (Lipinski definition) is 2. The maximum absolute atomic E-state index is 9.35. The first kappa shape index (κ1) is 14.9. The lowest BCUT2D eigenvalue weighted by molar-refractivity contribution is 0.126. The van der Waals surface area contributed by atoms with Gasteiger partial charge in [0.25, 0.3) is 0 Å². The third-order valence-electron chi connectivity index (χ3n) is 4.33. The number of nitrogens with zero attached hydrogens (tertiary/aromatic N) is 1. The van der Waals surface area contributed by atoms with E-state index in [0.29, 0.717) is 12.1 Å². The van der Waals surface area contributed by atoms with Crippen LogP contribution in [-0.4, -0.2) is 40.8 Å². The lowest BCUT2D eigenvalue weighted by atomic mass is 9.99. The van der Waals surface area contributed by atoms with Crippen LogP contribution < -0.4 is 5.73 Å². The number of unbranched alkanes of at least 4 members (excludes halogenated alkanes) is 1. The Labute approximate surface area is 106 Å². The highest BCUT2D eigenvalue weighted by Gasteiger charge is 2.38. The first-order valence-electron chi connectivity index (χ1n) is 7.21. The van der Waals surface area contributed by atoms with E-state index < -0.39 is 0 Å². The van der Waals surface area contributed by atoms with Crippen LogP contribution in [0.3, 0.4) is 0 Å². The smallest absolute Gasteiger partial charge is 0.0611 e. The van der Waals surface area contributed by atoms with E-state index in [1.807, 2.05) is 0 Å². The molecule has 1 saturated carbocycles. The van der Waals surface area contributed by atoms with E-state index in [9.17, 15) is 5.11 Å². The van der Waals surface area contributed by atoms with Gasteiger partial charge in [0.05, 0.1) is 6.61 Å². The number of aliphatic hydroxyl groups excluding tert-OH is 1. The predicted molar refractivity (Wildman–Crippen MR) is 73.0 cm³/mol. The van der Waals surface area contributed by atoms with Crippen LogP contribution in [0, 0.1) is 0 Å². The lowest BCUT2D eigenvalue weighted by Crippen LogP contribution is -2.46. The van der Waals surface area contributed by atoms with Gasteiger partial charge in [0.2, 0.25) is 0 Å². The molecule has 0 amide bonds. The van der Waals surface area contributed by atoms with E-state index in [1.54, 1.807) is 0 Å². The molecule has 0 aliphatic heterocycles. The molecule has 1 aliphatic rings. The quantitative estimate of drug-likeness (QED) is 0.719. The van der Waals surface area contributed by atoms with E-state index in [-0.39, 0.29) is 12.1 Å². The van der Waals surface area contributed by atoms with E-state index in [1.165, 1.54) is 25.8 Å². The normalized spacial score (nSPS) is 31.1. The van der Waals surface area contributed by atoms with Gasteiger partial charge in [-0.25, -0.2) is 0 Å². The highest BCUT2D eigenvalue weighted by Crippen LogP contribution is 2.32. The largest absolute Gasteiger partial charge is 0.394 e. The minimum atomic E-state index is -0.317. The number of nitrogens with two attached hydrogens (primary N) is 1. The van der Waals surface area contributed by atoms with E-state index in [0.717, 1.165) is 19.3 Å². The van der Waals surface area contributed by atoms with Crippen LogP contribution >= 0.6 is 0 Å². The van der Waals surface area contributed by atoms with Crippen LogP contribution in [0.4, 0.5) is 0 Å². The molecule has 3 unspecified atom stereocenters. The van der Waals surface area contributed by atoms with Crippen LogP contribution in [0.5, 0.6) is 0 Å². The molecule has 1 fully saturated rings. The van der Waals surface area contributed by atoms with Gasteiger partial charge in [0.1, 0.15) is 0 Å². The Kier molecular flexibility index (Phi) is 5.90. The van der Waals surface area contributed by atoms with Gasteiger partial charge < -0.3 is 10.8 Å². The van der Waals surface area contributed by atoms with Crippen molar-refractivity contribution >= 4 is 0 Å². The average Bonchev–Trinajstić information content (AvgIpc) is 2.73. The maximum Gasteiger partial charge on any atom is 0.0611 e. The monoisotopic (exact) mass is 242 g/mol. The summed E-state index contributed by atoms with van der Waals surface area (Å²) < 4.78 is 0. The zero-order valence-corrected chi connectivity index (χ0v) is 11.8. The van der Waals surface area contributed by atoms with Gasteiger partial charge in [-0.2, -0.15) is 0 Å². The fourth-order valence-corrected chi connectivity index (χ4v) is 2.89. The second-order valence-corrected chi connectivity index (χ2v) is 5.77. The van der Waals surface area contributed by atoms with Crippen LogP contribution in [0.15, 0.2) is 0 Å². The van der Waals surface area contributed by atoms with Crippen LogP contribution in [0.1, 0.15) is 59.3 Å². The Morgan fingerprint density at radius 3 is 2.65 bits per heavy atom.